The van der Waals surface area contributed by atoms with Crippen LogP contribution < -0.4 is 0 Å². The molecule has 0 spiro atoms. The number of carbonyl (C=O) groups excluding carboxylic acids is 1. The molecule has 1 heterocycles. The lowest BCUT2D eigenvalue weighted by Gasteiger charge is -2.06. The van der Waals surface area contributed by atoms with E-state index >= 15 is 0 Å². The number of hydrogen-bond acceptors (Lipinski definition) is 2. The van der Waals surface area contributed by atoms with Gasteiger partial charge in [-0.25, -0.2) is 4.79 Å². The van der Waals surface area contributed by atoms with Crippen molar-refractivity contribution < 1.29 is 9.53 Å². The maximum atomic E-state index is 11.8. The molecular formula is C13H11BrClNO2. The minimum absolute atomic E-state index is 0.337. The Labute approximate surface area is 118 Å². The molecule has 1 N–H and O–H groups in total. The summed E-state index contributed by atoms with van der Waals surface area (Å²) in [5, 5.41) is 0.586. The number of hydrogen-bond donors (Lipinski definition) is 1. The molecule has 0 unspecified atom stereocenters. The molecule has 0 aliphatic heterocycles. The number of rotatable bonds is 3. The fourth-order valence-corrected chi connectivity index (χ4v) is 2.25. The zero-order chi connectivity index (χ0) is 13.1. The third-order valence-corrected chi connectivity index (χ3v) is 3.27. The van der Waals surface area contributed by atoms with E-state index in [-0.39, 0.29) is 5.97 Å². The van der Waals surface area contributed by atoms with Crippen LogP contribution in [0.3, 0.4) is 0 Å². The summed E-state index contributed by atoms with van der Waals surface area (Å²) in [7, 11) is 0. The molecule has 0 radical (unpaired) electrons. The fourth-order valence-electron chi connectivity index (χ4n) is 1.67. The van der Waals surface area contributed by atoms with Crippen LogP contribution in [0.1, 0.15) is 17.4 Å². The Kier molecular flexibility index (Phi) is 4.09. The molecule has 5 heteroatoms. The number of carbonyl (C=O) groups is 1. The number of aromatic amines is 1. The van der Waals surface area contributed by atoms with E-state index in [1.807, 2.05) is 12.1 Å². The van der Waals surface area contributed by atoms with Crippen LogP contribution in [0, 0.1) is 0 Å². The zero-order valence-electron chi connectivity index (χ0n) is 9.67. The molecule has 2 rings (SSSR count). The number of halogens is 2. The number of aromatic nitrogens is 1. The minimum atomic E-state index is -0.381. The molecule has 1 aromatic heterocycles. The van der Waals surface area contributed by atoms with Crippen LogP contribution in [0.25, 0.3) is 11.1 Å². The van der Waals surface area contributed by atoms with Crippen LogP contribution in [0.5, 0.6) is 0 Å². The Hall–Kier alpha value is -1.26. The van der Waals surface area contributed by atoms with E-state index in [0.717, 1.165) is 15.6 Å². The Balaban J connectivity index is 2.48. The van der Waals surface area contributed by atoms with Crippen molar-refractivity contribution in [3.8, 4) is 11.1 Å². The van der Waals surface area contributed by atoms with Crippen molar-refractivity contribution in [1.82, 2.24) is 4.98 Å². The summed E-state index contributed by atoms with van der Waals surface area (Å²) in [6, 6.07) is 7.31. The van der Waals surface area contributed by atoms with Crippen LogP contribution in [-0.4, -0.2) is 17.6 Å². The summed E-state index contributed by atoms with van der Waals surface area (Å²) in [6.07, 6.45) is 1.69. The predicted octanol–water partition coefficient (Wildman–Crippen LogP) is 4.27. The van der Waals surface area contributed by atoms with Gasteiger partial charge in [0.25, 0.3) is 0 Å². The molecule has 0 aliphatic carbocycles. The van der Waals surface area contributed by atoms with Crippen LogP contribution in [0.4, 0.5) is 0 Å². The minimum Gasteiger partial charge on any atom is -0.461 e. The van der Waals surface area contributed by atoms with E-state index < -0.39 is 0 Å². The number of ether oxygens (including phenoxy) is 1. The Morgan fingerprint density at radius 3 is 2.89 bits per heavy atom. The zero-order valence-corrected chi connectivity index (χ0v) is 12.0. The smallest absolute Gasteiger partial charge is 0.355 e. The first kappa shape index (κ1) is 13.2. The van der Waals surface area contributed by atoms with Crippen molar-refractivity contribution >= 4 is 33.5 Å². The second-order valence-electron chi connectivity index (χ2n) is 3.61. The SMILES string of the molecule is CCOC(=O)c1[nH]ccc1-c1cc(Br)ccc1Cl. The molecule has 18 heavy (non-hydrogen) atoms. The van der Waals surface area contributed by atoms with Crippen LogP contribution in [0.15, 0.2) is 34.9 Å². The molecule has 0 saturated carbocycles. The van der Waals surface area contributed by atoms with Gasteiger partial charge < -0.3 is 9.72 Å². The fraction of sp³-hybridized carbons (Fsp3) is 0.154. The molecule has 0 aliphatic rings. The number of H-pyrrole nitrogens is 1. The highest BCUT2D eigenvalue weighted by molar-refractivity contribution is 9.10. The summed E-state index contributed by atoms with van der Waals surface area (Å²) in [5.41, 5.74) is 1.94. The van der Waals surface area contributed by atoms with Gasteiger partial charge >= 0.3 is 5.97 Å². The van der Waals surface area contributed by atoms with Crippen LogP contribution in [0.2, 0.25) is 5.02 Å². The van der Waals surface area contributed by atoms with Gasteiger partial charge in [0, 0.05) is 26.8 Å². The Bertz CT molecular complexity index is 580. The van der Waals surface area contributed by atoms with Crippen molar-refractivity contribution in [3.05, 3.63) is 45.7 Å². The van der Waals surface area contributed by atoms with Gasteiger partial charge in [0.15, 0.2) is 0 Å². The molecular weight excluding hydrogens is 318 g/mol. The van der Waals surface area contributed by atoms with Crippen molar-refractivity contribution in [1.29, 1.82) is 0 Å². The average molecular weight is 329 g/mol. The van der Waals surface area contributed by atoms with Gasteiger partial charge in [-0.1, -0.05) is 27.5 Å². The predicted molar refractivity (Wildman–Crippen MR) is 74.9 cm³/mol. The van der Waals surface area contributed by atoms with Crippen LogP contribution in [-0.2, 0) is 4.74 Å². The molecule has 0 bridgehead atoms. The van der Waals surface area contributed by atoms with Crippen molar-refractivity contribution in [3.63, 3.8) is 0 Å². The molecule has 94 valence electrons. The van der Waals surface area contributed by atoms with E-state index in [0.29, 0.717) is 17.3 Å². The van der Waals surface area contributed by atoms with E-state index in [9.17, 15) is 4.79 Å². The molecule has 0 saturated heterocycles. The molecule has 0 fully saturated rings. The van der Waals surface area contributed by atoms with E-state index in [2.05, 4.69) is 20.9 Å². The summed E-state index contributed by atoms with van der Waals surface area (Å²) >= 11 is 9.54. The van der Waals surface area contributed by atoms with E-state index in [4.69, 9.17) is 16.3 Å². The quantitative estimate of drug-likeness (QED) is 0.855. The first-order valence-electron chi connectivity index (χ1n) is 5.43. The standard InChI is InChI=1S/C13H11BrClNO2/c1-2-18-13(17)12-9(5-6-16-12)10-7-8(14)3-4-11(10)15/h3-7,16H,2H2,1H3. The molecule has 1 aromatic carbocycles. The van der Waals surface area contributed by atoms with Gasteiger partial charge in [-0.3, -0.25) is 0 Å². The lowest BCUT2D eigenvalue weighted by atomic mass is 10.1. The molecule has 0 amide bonds. The highest BCUT2D eigenvalue weighted by Crippen LogP contribution is 2.32. The normalized spacial score (nSPS) is 10.4. The molecule has 2 aromatic rings. The van der Waals surface area contributed by atoms with Gasteiger partial charge in [0.05, 0.1) is 6.61 Å². The molecule has 0 atom stereocenters. The van der Waals surface area contributed by atoms with Crippen molar-refractivity contribution in [2.75, 3.05) is 6.61 Å². The van der Waals surface area contributed by atoms with Crippen LogP contribution >= 0.6 is 27.5 Å². The summed E-state index contributed by atoms with van der Waals surface area (Å²) in [6.45, 7) is 2.11. The highest BCUT2D eigenvalue weighted by atomic mass is 79.9. The first-order chi connectivity index (χ1) is 8.63. The number of nitrogens with one attached hydrogen (secondary N) is 1. The first-order valence-corrected chi connectivity index (χ1v) is 6.60. The third kappa shape index (κ3) is 2.60. The van der Waals surface area contributed by atoms with E-state index in [1.165, 1.54) is 0 Å². The maximum absolute atomic E-state index is 11.8. The third-order valence-electron chi connectivity index (χ3n) is 2.45. The summed E-state index contributed by atoms with van der Waals surface area (Å²) in [5.74, 6) is -0.381. The van der Waals surface area contributed by atoms with Gasteiger partial charge in [0.2, 0.25) is 0 Å². The van der Waals surface area contributed by atoms with Crippen molar-refractivity contribution in [2.24, 2.45) is 0 Å². The maximum Gasteiger partial charge on any atom is 0.355 e. The van der Waals surface area contributed by atoms with Gasteiger partial charge in [-0.2, -0.15) is 0 Å². The second-order valence-corrected chi connectivity index (χ2v) is 4.93. The second kappa shape index (κ2) is 5.59. The number of esters is 1. The lowest BCUT2D eigenvalue weighted by Crippen LogP contribution is -2.06. The number of benzene rings is 1. The topological polar surface area (TPSA) is 42.1 Å². The Morgan fingerprint density at radius 2 is 2.17 bits per heavy atom. The largest absolute Gasteiger partial charge is 0.461 e. The van der Waals surface area contributed by atoms with Gasteiger partial charge in [0.1, 0.15) is 5.69 Å². The monoisotopic (exact) mass is 327 g/mol. The van der Waals surface area contributed by atoms with Gasteiger partial charge in [-0.05, 0) is 31.2 Å². The summed E-state index contributed by atoms with van der Waals surface area (Å²) < 4.78 is 5.89. The average Bonchev–Trinajstić information content (AvgIpc) is 2.81. The molecule has 3 nitrogen and oxygen atoms in total. The summed E-state index contributed by atoms with van der Waals surface area (Å²) in [4.78, 5) is 14.7. The van der Waals surface area contributed by atoms with Gasteiger partial charge in [-0.15, -0.1) is 0 Å². The highest BCUT2D eigenvalue weighted by Gasteiger charge is 2.17. The lowest BCUT2D eigenvalue weighted by molar-refractivity contribution is 0.0521. The van der Waals surface area contributed by atoms with Crippen molar-refractivity contribution in [2.45, 2.75) is 6.92 Å². The van der Waals surface area contributed by atoms with E-state index in [1.54, 1.807) is 25.3 Å². The Morgan fingerprint density at radius 1 is 1.39 bits per heavy atom.